The summed E-state index contributed by atoms with van der Waals surface area (Å²) < 4.78 is 10.3. The molecule has 5 nitrogen and oxygen atoms in total. The lowest BCUT2D eigenvalue weighted by atomic mass is 10.1. The summed E-state index contributed by atoms with van der Waals surface area (Å²) in [6, 6.07) is 3.29. The molecule has 1 aromatic carbocycles. The van der Waals surface area contributed by atoms with E-state index in [4.69, 9.17) is 14.6 Å². The Balaban J connectivity index is 3.04. The SMILES string of the molecule is COc1cc(C(=O)NCCO)cc(OC)c1C. The van der Waals surface area contributed by atoms with Crippen LogP contribution in [-0.4, -0.2) is 38.4 Å². The van der Waals surface area contributed by atoms with Crippen molar-refractivity contribution in [1.82, 2.24) is 5.32 Å². The first-order valence-electron chi connectivity index (χ1n) is 5.25. The second-order valence-electron chi connectivity index (χ2n) is 3.49. The summed E-state index contributed by atoms with van der Waals surface area (Å²) in [7, 11) is 3.08. The lowest BCUT2D eigenvalue weighted by Gasteiger charge is -2.12. The van der Waals surface area contributed by atoms with Crippen LogP contribution in [-0.2, 0) is 0 Å². The van der Waals surface area contributed by atoms with Gasteiger partial charge in [-0.1, -0.05) is 0 Å². The van der Waals surface area contributed by atoms with Crippen molar-refractivity contribution in [3.05, 3.63) is 23.3 Å². The van der Waals surface area contributed by atoms with Crippen LogP contribution in [0.3, 0.4) is 0 Å². The molecule has 0 saturated heterocycles. The Hall–Kier alpha value is -1.75. The predicted molar refractivity (Wildman–Crippen MR) is 63.7 cm³/mol. The van der Waals surface area contributed by atoms with Gasteiger partial charge in [0.05, 0.1) is 20.8 Å². The Labute approximate surface area is 100 Å². The van der Waals surface area contributed by atoms with Crippen molar-refractivity contribution in [3.8, 4) is 11.5 Å². The Morgan fingerprint density at radius 2 is 1.82 bits per heavy atom. The smallest absolute Gasteiger partial charge is 0.251 e. The van der Waals surface area contributed by atoms with E-state index in [0.717, 1.165) is 5.56 Å². The topological polar surface area (TPSA) is 67.8 Å². The number of benzene rings is 1. The molecule has 0 aliphatic carbocycles. The average molecular weight is 239 g/mol. The first-order chi connectivity index (χ1) is 8.13. The van der Waals surface area contributed by atoms with Gasteiger partial charge in [0.25, 0.3) is 5.91 Å². The Morgan fingerprint density at radius 1 is 1.29 bits per heavy atom. The molecule has 0 bridgehead atoms. The molecule has 2 N–H and O–H groups in total. The molecule has 0 aliphatic heterocycles. The molecule has 1 amide bonds. The number of amides is 1. The van der Waals surface area contributed by atoms with Crippen LogP contribution in [0.4, 0.5) is 0 Å². The lowest BCUT2D eigenvalue weighted by Crippen LogP contribution is -2.26. The number of carbonyl (C=O) groups is 1. The molecule has 1 rings (SSSR count). The van der Waals surface area contributed by atoms with E-state index in [0.29, 0.717) is 17.1 Å². The van der Waals surface area contributed by atoms with Crippen molar-refractivity contribution in [1.29, 1.82) is 0 Å². The van der Waals surface area contributed by atoms with Gasteiger partial charge in [-0.15, -0.1) is 0 Å². The number of rotatable bonds is 5. The van der Waals surface area contributed by atoms with Gasteiger partial charge in [-0.3, -0.25) is 4.79 Å². The molecule has 0 atom stereocenters. The van der Waals surface area contributed by atoms with Crippen molar-refractivity contribution < 1.29 is 19.4 Å². The Morgan fingerprint density at radius 3 is 2.24 bits per heavy atom. The fourth-order valence-corrected chi connectivity index (χ4v) is 1.49. The highest BCUT2D eigenvalue weighted by molar-refractivity contribution is 5.95. The maximum Gasteiger partial charge on any atom is 0.251 e. The van der Waals surface area contributed by atoms with E-state index in [1.807, 2.05) is 6.92 Å². The van der Waals surface area contributed by atoms with Crippen LogP contribution in [0.5, 0.6) is 11.5 Å². The van der Waals surface area contributed by atoms with Gasteiger partial charge in [0.1, 0.15) is 11.5 Å². The molecule has 5 heteroatoms. The largest absolute Gasteiger partial charge is 0.496 e. The summed E-state index contributed by atoms with van der Waals surface area (Å²) in [4.78, 5) is 11.7. The van der Waals surface area contributed by atoms with Crippen LogP contribution in [0.15, 0.2) is 12.1 Å². The van der Waals surface area contributed by atoms with Crippen LogP contribution in [0, 0.1) is 6.92 Å². The summed E-state index contributed by atoms with van der Waals surface area (Å²) in [6.07, 6.45) is 0. The third-order valence-corrected chi connectivity index (χ3v) is 2.41. The van der Waals surface area contributed by atoms with E-state index < -0.39 is 0 Å². The number of carbonyl (C=O) groups excluding carboxylic acids is 1. The van der Waals surface area contributed by atoms with Crippen LogP contribution >= 0.6 is 0 Å². The number of hydrogen-bond donors (Lipinski definition) is 2. The maximum atomic E-state index is 11.7. The summed E-state index contributed by atoms with van der Waals surface area (Å²) >= 11 is 0. The lowest BCUT2D eigenvalue weighted by molar-refractivity contribution is 0.0944. The fourth-order valence-electron chi connectivity index (χ4n) is 1.49. The molecule has 0 aromatic heterocycles. The van der Waals surface area contributed by atoms with Crippen molar-refractivity contribution in [2.24, 2.45) is 0 Å². The zero-order valence-electron chi connectivity index (χ0n) is 10.2. The number of aliphatic hydroxyl groups excluding tert-OH is 1. The highest BCUT2D eigenvalue weighted by Crippen LogP contribution is 2.29. The van der Waals surface area contributed by atoms with E-state index in [-0.39, 0.29) is 19.1 Å². The van der Waals surface area contributed by atoms with E-state index in [2.05, 4.69) is 5.32 Å². The van der Waals surface area contributed by atoms with Gasteiger partial charge in [0.2, 0.25) is 0 Å². The van der Waals surface area contributed by atoms with Crippen LogP contribution in [0.2, 0.25) is 0 Å². The van der Waals surface area contributed by atoms with Gasteiger partial charge in [-0.05, 0) is 19.1 Å². The first-order valence-corrected chi connectivity index (χ1v) is 5.25. The van der Waals surface area contributed by atoms with Crippen LogP contribution < -0.4 is 14.8 Å². The standard InChI is InChI=1S/C12H17NO4/c1-8-10(16-2)6-9(7-11(8)17-3)12(15)13-4-5-14/h6-7,14H,4-5H2,1-3H3,(H,13,15). The van der Waals surface area contributed by atoms with Gasteiger partial charge < -0.3 is 19.9 Å². The fraction of sp³-hybridized carbons (Fsp3) is 0.417. The molecular formula is C12H17NO4. The van der Waals surface area contributed by atoms with Crippen LogP contribution in [0.25, 0.3) is 0 Å². The van der Waals surface area contributed by atoms with Gasteiger partial charge in [0, 0.05) is 17.7 Å². The minimum atomic E-state index is -0.268. The molecule has 0 saturated carbocycles. The van der Waals surface area contributed by atoms with Gasteiger partial charge in [-0.25, -0.2) is 0 Å². The number of nitrogens with one attached hydrogen (secondary N) is 1. The van der Waals surface area contributed by atoms with E-state index in [9.17, 15) is 4.79 Å². The van der Waals surface area contributed by atoms with Gasteiger partial charge in [0.15, 0.2) is 0 Å². The van der Waals surface area contributed by atoms with Gasteiger partial charge in [-0.2, -0.15) is 0 Å². The number of ether oxygens (including phenoxy) is 2. The number of hydrogen-bond acceptors (Lipinski definition) is 4. The summed E-state index contributed by atoms with van der Waals surface area (Å²) in [5.41, 5.74) is 1.28. The predicted octanol–water partition coefficient (Wildman–Crippen LogP) is 0.734. The molecule has 0 aliphatic rings. The monoisotopic (exact) mass is 239 g/mol. The van der Waals surface area contributed by atoms with Crippen molar-refractivity contribution >= 4 is 5.91 Å². The molecule has 0 unspecified atom stereocenters. The zero-order valence-corrected chi connectivity index (χ0v) is 10.2. The van der Waals surface area contributed by atoms with E-state index in [1.165, 1.54) is 14.2 Å². The first kappa shape index (κ1) is 13.3. The third-order valence-electron chi connectivity index (χ3n) is 2.41. The maximum absolute atomic E-state index is 11.7. The second kappa shape index (κ2) is 6.10. The minimum Gasteiger partial charge on any atom is -0.496 e. The van der Waals surface area contributed by atoms with Crippen molar-refractivity contribution in [2.45, 2.75) is 6.92 Å². The summed E-state index contributed by atoms with van der Waals surface area (Å²) in [5, 5.41) is 11.2. The van der Waals surface area contributed by atoms with Crippen LogP contribution in [0.1, 0.15) is 15.9 Å². The van der Waals surface area contributed by atoms with E-state index >= 15 is 0 Å². The molecule has 0 heterocycles. The molecule has 0 spiro atoms. The highest BCUT2D eigenvalue weighted by Gasteiger charge is 2.12. The molecule has 0 radical (unpaired) electrons. The molecule has 94 valence electrons. The number of methoxy groups -OCH3 is 2. The molecule has 0 fully saturated rings. The van der Waals surface area contributed by atoms with E-state index in [1.54, 1.807) is 12.1 Å². The second-order valence-corrected chi connectivity index (χ2v) is 3.49. The minimum absolute atomic E-state index is 0.0914. The van der Waals surface area contributed by atoms with Gasteiger partial charge >= 0.3 is 0 Å². The molecule has 1 aromatic rings. The highest BCUT2D eigenvalue weighted by atomic mass is 16.5. The summed E-state index contributed by atoms with van der Waals surface area (Å²) in [5.74, 6) is 0.924. The Bertz CT molecular complexity index is 378. The summed E-state index contributed by atoms with van der Waals surface area (Å²) in [6.45, 7) is 1.98. The normalized spacial score (nSPS) is 9.88. The molecular weight excluding hydrogens is 222 g/mol. The number of aliphatic hydroxyl groups is 1. The zero-order chi connectivity index (χ0) is 12.8. The third kappa shape index (κ3) is 3.10. The van der Waals surface area contributed by atoms with Crippen molar-refractivity contribution in [3.63, 3.8) is 0 Å². The average Bonchev–Trinajstić information content (AvgIpc) is 2.36. The Kier molecular flexibility index (Phi) is 4.78. The molecule has 17 heavy (non-hydrogen) atoms. The van der Waals surface area contributed by atoms with Crippen molar-refractivity contribution in [2.75, 3.05) is 27.4 Å². The quantitative estimate of drug-likeness (QED) is 0.795.